The van der Waals surface area contributed by atoms with Gasteiger partial charge in [-0.2, -0.15) is 4.98 Å². The lowest BCUT2D eigenvalue weighted by molar-refractivity contribution is -0.117. The molecule has 1 saturated heterocycles. The highest BCUT2D eigenvalue weighted by atomic mass is 35.5. The van der Waals surface area contributed by atoms with Gasteiger partial charge in [0, 0.05) is 29.5 Å². The van der Waals surface area contributed by atoms with Gasteiger partial charge in [0.2, 0.25) is 5.91 Å². The number of hydrogen-bond acceptors (Lipinski definition) is 5. The van der Waals surface area contributed by atoms with E-state index in [2.05, 4.69) is 17.1 Å². The van der Waals surface area contributed by atoms with Crippen LogP contribution in [0.4, 0.5) is 5.69 Å². The van der Waals surface area contributed by atoms with E-state index < -0.39 is 0 Å². The zero-order chi connectivity index (χ0) is 19.7. The molecule has 0 N–H and O–H groups in total. The third-order valence-corrected chi connectivity index (χ3v) is 5.21. The van der Waals surface area contributed by atoms with E-state index in [0.29, 0.717) is 41.1 Å². The number of aromatic nitrogens is 2. The first-order chi connectivity index (χ1) is 13.6. The number of rotatable bonds is 5. The lowest BCUT2D eigenvalue weighted by Gasteiger charge is -2.19. The van der Waals surface area contributed by atoms with Crippen molar-refractivity contribution in [3.05, 3.63) is 58.9 Å². The summed E-state index contributed by atoms with van der Waals surface area (Å²) in [6.45, 7) is 2.56. The Hall–Kier alpha value is -2.86. The van der Waals surface area contributed by atoms with Crippen LogP contribution in [0.5, 0.6) is 5.75 Å². The topological polar surface area (TPSA) is 68.5 Å². The minimum absolute atomic E-state index is 0.0239. The van der Waals surface area contributed by atoms with Crippen molar-refractivity contribution in [3.63, 3.8) is 0 Å². The molecule has 1 unspecified atom stereocenters. The maximum atomic E-state index is 12.6. The molecule has 6 nitrogen and oxygen atoms in total. The molecule has 1 aliphatic heterocycles. The van der Waals surface area contributed by atoms with E-state index in [-0.39, 0.29) is 11.8 Å². The highest BCUT2D eigenvalue weighted by molar-refractivity contribution is 6.31. The van der Waals surface area contributed by atoms with Crippen molar-refractivity contribution in [1.82, 2.24) is 10.1 Å². The molecule has 1 fully saturated rings. The van der Waals surface area contributed by atoms with Gasteiger partial charge in [-0.05, 0) is 42.3 Å². The zero-order valence-electron chi connectivity index (χ0n) is 15.7. The predicted octanol–water partition coefficient (Wildman–Crippen LogP) is 4.48. The van der Waals surface area contributed by atoms with Crippen molar-refractivity contribution in [2.45, 2.75) is 25.7 Å². The van der Waals surface area contributed by atoms with E-state index in [1.54, 1.807) is 30.2 Å². The van der Waals surface area contributed by atoms with Gasteiger partial charge in [0.25, 0.3) is 5.89 Å². The van der Waals surface area contributed by atoms with Crippen LogP contribution in [0.1, 0.15) is 30.7 Å². The van der Waals surface area contributed by atoms with Crippen LogP contribution in [0.3, 0.4) is 0 Å². The molecule has 2 heterocycles. The van der Waals surface area contributed by atoms with Crippen LogP contribution in [-0.2, 0) is 11.2 Å². The number of anilines is 1. The largest absolute Gasteiger partial charge is 0.495 e. The van der Waals surface area contributed by atoms with E-state index in [4.69, 9.17) is 20.9 Å². The summed E-state index contributed by atoms with van der Waals surface area (Å²) in [5.74, 6) is 1.42. The monoisotopic (exact) mass is 397 g/mol. The van der Waals surface area contributed by atoms with E-state index in [0.717, 1.165) is 12.0 Å². The van der Waals surface area contributed by atoms with Crippen LogP contribution >= 0.6 is 11.6 Å². The van der Waals surface area contributed by atoms with Crippen molar-refractivity contribution in [2.75, 3.05) is 18.6 Å². The van der Waals surface area contributed by atoms with Crippen molar-refractivity contribution in [1.29, 1.82) is 0 Å². The molecule has 1 atom stereocenters. The van der Waals surface area contributed by atoms with Gasteiger partial charge in [-0.15, -0.1) is 0 Å². The lowest BCUT2D eigenvalue weighted by atomic mass is 10.1. The first-order valence-electron chi connectivity index (χ1n) is 9.16. The van der Waals surface area contributed by atoms with Crippen LogP contribution in [0.15, 0.2) is 47.0 Å². The second kappa shape index (κ2) is 7.64. The van der Waals surface area contributed by atoms with Gasteiger partial charge in [-0.1, -0.05) is 35.8 Å². The molecule has 144 valence electrons. The standard InChI is InChI=1S/C21H20ClN3O3/c1-3-13-4-6-14(7-5-13)21-23-20(24-28-21)15-10-19(26)25(12-15)17-11-16(22)8-9-18(17)27-2/h4-9,11,15H,3,10,12H2,1-2H3. The second-order valence-electron chi connectivity index (χ2n) is 6.73. The SMILES string of the molecule is CCc1ccc(-c2nc(C3CC(=O)N(c4cc(Cl)ccc4OC)C3)no2)cc1. The Labute approximate surface area is 168 Å². The fraction of sp³-hybridized carbons (Fsp3) is 0.286. The number of halogens is 1. The number of benzene rings is 2. The molecule has 0 aliphatic carbocycles. The van der Waals surface area contributed by atoms with E-state index in [1.165, 1.54) is 5.56 Å². The number of hydrogen-bond donors (Lipinski definition) is 0. The summed E-state index contributed by atoms with van der Waals surface area (Å²) < 4.78 is 10.8. The average molecular weight is 398 g/mol. The number of ether oxygens (including phenoxy) is 1. The number of methoxy groups -OCH3 is 1. The minimum atomic E-state index is -0.149. The molecule has 0 spiro atoms. The summed E-state index contributed by atoms with van der Waals surface area (Å²) in [4.78, 5) is 18.8. The van der Waals surface area contributed by atoms with Crippen molar-refractivity contribution in [3.8, 4) is 17.2 Å². The summed E-state index contributed by atoms with van der Waals surface area (Å²) in [5.41, 5.74) is 2.77. The molecule has 1 aromatic heterocycles. The average Bonchev–Trinajstić information content (AvgIpc) is 3.35. The number of nitrogens with zero attached hydrogens (tertiary/aromatic N) is 3. The Morgan fingerprint density at radius 2 is 2.04 bits per heavy atom. The van der Waals surface area contributed by atoms with Gasteiger partial charge in [-0.25, -0.2) is 0 Å². The predicted molar refractivity (Wildman–Crippen MR) is 107 cm³/mol. The van der Waals surface area contributed by atoms with E-state index >= 15 is 0 Å². The first kappa shape index (κ1) is 18.5. The number of carbonyl (C=O) groups is 1. The molecule has 1 aliphatic rings. The van der Waals surface area contributed by atoms with Crippen molar-refractivity contribution >= 4 is 23.2 Å². The van der Waals surface area contributed by atoms with Crippen LogP contribution in [-0.4, -0.2) is 29.7 Å². The Balaban J connectivity index is 1.56. The van der Waals surface area contributed by atoms with Gasteiger partial charge in [0.05, 0.1) is 12.8 Å². The minimum Gasteiger partial charge on any atom is -0.495 e. The Morgan fingerprint density at radius 3 is 2.75 bits per heavy atom. The molecule has 4 rings (SSSR count). The highest BCUT2D eigenvalue weighted by Gasteiger charge is 2.36. The zero-order valence-corrected chi connectivity index (χ0v) is 16.4. The number of carbonyl (C=O) groups excluding carboxylic acids is 1. The van der Waals surface area contributed by atoms with Gasteiger partial charge < -0.3 is 14.2 Å². The molecule has 28 heavy (non-hydrogen) atoms. The first-order valence-corrected chi connectivity index (χ1v) is 9.53. The Kier molecular flexibility index (Phi) is 5.05. The molecule has 3 aromatic rings. The molecule has 0 bridgehead atoms. The summed E-state index contributed by atoms with van der Waals surface area (Å²) in [6, 6.07) is 13.3. The van der Waals surface area contributed by atoms with Crippen LogP contribution in [0, 0.1) is 0 Å². The summed E-state index contributed by atoms with van der Waals surface area (Å²) in [6.07, 6.45) is 1.28. The van der Waals surface area contributed by atoms with Crippen LogP contribution < -0.4 is 9.64 Å². The molecule has 1 amide bonds. The van der Waals surface area contributed by atoms with E-state index in [1.807, 2.05) is 24.3 Å². The Morgan fingerprint density at radius 1 is 1.25 bits per heavy atom. The molecular weight excluding hydrogens is 378 g/mol. The highest BCUT2D eigenvalue weighted by Crippen LogP contribution is 2.37. The summed E-state index contributed by atoms with van der Waals surface area (Å²) in [5, 5.41) is 4.66. The van der Waals surface area contributed by atoms with Gasteiger partial charge in [0.15, 0.2) is 5.82 Å². The Bertz CT molecular complexity index is 1000. The lowest BCUT2D eigenvalue weighted by Crippen LogP contribution is -2.24. The quantitative estimate of drug-likeness (QED) is 0.634. The molecule has 0 radical (unpaired) electrons. The molecular formula is C21H20ClN3O3. The smallest absolute Gasteiger partial charge is 0.257 e. The number of aryl methyl sites for hydroxylation is 1. The van der Waals surface area contributed by atoms with Gasteiger partial charge in [-0.3, -0.25) is 4.79 Å². The van der Waals surface area contributed by atoms with Gasteiger partial charge in [0.1, 0.15) is 5.75 Å². The fourth-order valence-corrected chi connectivity index (χ4v) is 3.55. The maximum Gasteiger partial charge on any atom is 0.257 e. The number of amides is 1. The molecule has 0 saturated carbocycles. The van der Waals surface area contributed by atoms with Crippen molar-refractivity contribution in [2.24, 2.45) is 0 Å². The fourth-order valence-electron chi connectivity index (χ4n) is 3.39. The van der Waals surface area contributed by atoms with Gasteiger partial charge >= 0.3 is 0 Å². The second-order valence-corrected chi connectivity index (χ2v) is 7.17. The van der Waals surface area contributed by atoms with Crippen LogP contribution in [0.25, 0.3) is 11.5 Å². The summed E-state index contributed by atoms with van der Waals surface area (Å²) in [7, 11) is 1.57. The maximum absolute atomic E-state index is 12.6. The molecule has 2 aromatic carbocycles. The van der Waals surface area contributed by atoms with Crippen molar-refractivity contribution < 1.29 is 14.1 Å². The molecule has 7 heteroatoms. The van der Waals surface area contributed by atoms with E-state index in [9.17, 15) is 4.79 Å². The third kappa shape index (κ3) is 3.47. The normalized spacial score (nSPS) is 16.6. The van der Waals surface area contributed by atoms with Crippen LogP contribution in [0.2, 0.25) is 5.02 Å². The summed E-state index contributed by atoms with van der Waals surface area (Å²) >= 11 is 6.11. The third-order valence-electron chi connectivity index (χ3n) is 4.97.